The Morgan fingerprint density at radius 3 is 2.50 bits per heavy atom. The second-order valence-electron chi connectivity index (χ2n) is 4.76. The first-order chi connectivity index (χ1) is 8.72. The van der Waals surface area contributed by atoms with E-state index in [1.165, 1.54) is 0 Å². The molecule has 0 aromatic carbocycles. The Morgan fingerprint density at radius 1 is 1.33 bits per heavy atom. The summed E-state index contributed by atoms with van der Waals surface area (Å²) in [6.07, 6.45) is 0.527. The van der Waals surface area contributed by atoms with E-state index >= 15 is 0 Å². The van der Waals surface area contributed by atoms with Gasteiger partial charge in [-0.2, -0.15) is 0 Å². The third-order valence-corrected chi connectivity index (χ3v) is 3.82. The minimum Gasteiger partial charge on any atom is -0.379 e. The van der Waals surface area contributed by atoms with E-state index in [9.17, 15) is 0 Å². The molecule has 104 valence electrons. The van der Waals surface area contributed by atoms with Gasteiger partial charge in [0.25, 0.3) is 0 Å². The molecule has 1 fully saturated rings. The van der Waals surface area contributed by atoms with Crippen molar-refractivity contribution in [1.82, 2.24) is 0 Å². The lowest BCUT2D eigenvalue weighted by Crippen LogP contribution is -2.48. The van der Waals surface area contributed by atoms with Gasteiger partial charge in [-0.05, 0) is 13.3 Å². The molecule has 1 saturated heterocycles. The van der Waals surface area contributed by atoms with Crippen molar-refractivity contribution in [2.24, 2.45) is 4.99 Å². The van der Waals surface area contributed by atoms with E-state index in [2.05, 4.69) is 11.9 Å². The lowest BCUT2D eigenvalue weighted by Gasteiger charge is -2.33. The lowest BCUT2D eigenvalue weighted by molar-refractivity contribution is -0.128. The Labute approximate surface area is 108 Å². The third kappa shape index (κ3) is 2.32. The highest BCUT2D eigenvalue weighted by Gasteiger charge is 2.57. The minimum absolute atomic E-state index is 0.0830. The van der Waals surface area contributed by atoms with Gasteiger partial charge < -0.3 is 18.9 Å². The van der Waals surface area contributed by atoms with E-state index in [0.29, 0.717) is 13.2 Å². The standard InChI is InChI=1S/C13H23NO4/c1-5-13(8-17-6-2)12(16-4)11(15-3)10(18-13)9-7-14-9/h10-12H,5-8H2,1-4H3/t10-,11-,12-,13?/m0/s1. The van der Waals surface area contributed by atoms with Crippen LogP contribution in [0.15, 0.2) is 4.99 Å². The van der Waals surface area contributed by atoms with Gasteiger partial charge >= 0.3 is 0 Å². The fourth-order valence-electron chi connectivity index (χ4n) is 2.70. The number of ether oxygens (including phenoxy) is 4. The van der Waals surface area contributed by atoms with Crippen molar-refractivity contribution in [3.8, 4) is 0 Å². The molecule has 2 aliphatic rings. The van der Waals surface area contributed by atoms with Crippen molar-refractivity contribution >= 4 is 5.71 Å². The largest absolute Gasteiger partial charge is 0.379 e. The number of rotatable bonds is 7. The maximum Gasteiger partial charge on any atom is 0.127 e. The quantitative estimate of drug-likeness (QED) is 0.684. The molecule has 1 unspecified atom stereocenters. The van der Waals surface area contributed by atoms with E-state index < -0.39 is 5.60 Å². The normalized spacial score (nSPS) is 38.9. The van der Waals surface area contributed by atoms with Crippen LogP contribution in [0, 0.1) is 0 Å². The van der Waals surface area contributed by atoms with Crippen LogP contribution < -0.4 is 0 Å². The summed E-state index contributed by atoms with van der Waals surface area (Å²) in [7, 11) is 3.40. The molecule has 0 aliphatic carbocycles. The maximum absolute atomic E-state index is 6.23. The molecule has 0 spiro atoms. The molecule has 0 amide bonds. The van der Waals surface area contributed by atoms with Gasteiger partial charge in [-0.3, -0.25) is 4.99 Å². The second kappa shape index (κ2) is 5.65. The van der Waals surface area contributed by atoms with Crippen LogP contribution in [-0.4, -0.2) is 63.6 Å². The zero-order chi connectivity index (χ0) is 13.2. The van der Waals surface area contributed by atoms with Gasteiger partial charge in [-0.25, -0.2) is 0 Å². The number of hydrogen-bond acceptors (Lipinski definition) is 5. The summed E-state index contributed by atoms with van der Waals surface area (Å²) >= 11 is 0. The van der Waals surface area contributed by atoms with Crippen molar-refractivity contribution < 1.29 is 18.9 Å². The SMILES string of the molecule is CCOCC1(CC)O[C@@H](C2=NC2)[C@H](OC)[C@@H]1OC. The maximum atomic E-state index is 6.23. The van der Waals surface area contributed by atoms with Crippen LogP contribution in [0.2, 0.25) is 0 Å². The average Bonchev–Trinajstić information content (AvgIpc) is 3.18. The first-order valence-corrected chi connectivity index (χ1v) is 6.56. The topological polar surface area (TPSA) is 49.3 Å². The van der Waals surface area contributed by atoms with Gasteiger partial charge in [0.15, 0.2) is 0 Å². The van der Waals surface area contributed by atoms with Gasteiger partial charge in [0.05, 0.1) is 18.9 Å². The molecule has 0 N–H and O–H groups in total. The average molecular weight is 257 g/mol. The Hall–Kier alpha value is -0.490. The van der Waals surface area contributed by atoms with Gasteiger partial charge in [0.1, 0.15) is 23.9 Å². The molecule has 18 heavy (non-hydrogen) atoms. The molecule has 0 aromatic heterocycles. The highest BCUT2D eigenvalue weighted by atomic mass is 16.6. The molecule has 4 atom stereocenters. The van der Waals surface area contributed by atoms with Crippen molar-refractivity contribution in [3.63, 3.8) is 0 Å². The third-order valence-electron chi connectivity index (χ3n) is 3.82. The Morgan fingerprint density at radius 2 is 2.06 bits per heavy atom. The van der Waals surface area contributed by atoms with E-state index in [0.717, 1.165) is 18.7 Å². The number of hydrogen-bond donors (Lipinski definition) is 0. The summed E-state index contributed by atoms with van der Waals surface area (Å²) in [5.41, 5.74) is 0.650. The molecule has 0 bridgehead atoms. The van der Waals surface area contributed by atoms with Crippen molar-refractivity contribution in [2.75, 3.05) is 34.0 Å². The van der Waals surface area contributed by atoms with Crippen LogP contribution in [0.3, 0.4) is 0 Å². The van der Waals surface area contributed by atoms with E-state index in [-0.39, 0.29) is 18.3 Å². The van der Waals surface area contributed by atoms with Crippen LogP contribution in [0.5, 0.6) is 0 Å². The fraction of sp³-hybridized carbons (Fsp3) is 0.923. The first kappa shape index (κ1) is 13.9. The van der Waals surface area contributed by atoms with Crippen molar-refractivity contribution in [3.05, 3.63) is 0 Å². The Balaban J connectivity index is 2.19. The van der Waals surface area contributed by atoms with Gasteiger partial charge in [0, 0.05) is 20.8 Å². The monoisotopic (exact) mass is 257 g/mol. The van der Waals surface area contributed by atoms with E-state index in [1.54, 1.807) is 14.2 Å². The van der Waals surface area contributed by atoms with E-state index in [4.69, 9.17) is 18.9 Å². The fourth-order valence-corrected chi connectivity index (χ4v) is 2.70. The summed E-state index contributed by atoms with van der Waals surface area (Å²) in [5, 5.41) is 0. The van der Waals surface area contributed by atoms with Crippen LogP contribution >= 0.6 is 0 Å². The molecule has 5 heteroatoms. The zero-order valence-corrected chi connectivity index (χ0v) is 11.6. The predicted octanol–water partition coefficient (Wildman–Crippen LogP) is 1.06. The van der Waals surface area contributed by atoms with Crippen molar-refractivity contribution in [2.45, 2.75) is 44.2 Å². The first-order valence-electron chi connectivity index (χ1n) is 6.56. The zero-order valence-electron chi connectivity index (χ0n) is 11.6. The van der Waals surface area contributed by atoms with Gasteiger partial charge in [-0.15, -0.1) is 0 Å². The summed E-state index contributed by atoms with van der Waals surface area (Å²) in [5.74, 6) is 0. The molecule has 2 heterocycles. The molecule has 2 rings (SSSR count). The smallest absolute Gasteiger partial charge is 0.127 e. The van der Waals surface area contributed by atoms with Crippen molar-refractivity contribution in [1.29, 1.82) is 0 Å². The molecular weight excluding hydrogens is 234 g/mol. The molecule has 0 aromatic rings. The molecule has 5 nitrogen and oxygen atoms in total. The summed E-state index contributed by atoms with van der Waals surface area (Å²) in [6, 6.07) is 0. The van der Waals surface area contributed by atoms with Crippen LogP contribution in [0.25, 0.3) is 0 Å². The minimum atomic E-state index is -0.429. The van der Waals surface area contributed by atoms with Crippen LogP contribution in [-0.2, 0) is 18.9 Å². The van der Waals surface area contributed by atoms with Gasteiger partial charge in [-0.1, -0.05) is 6.92 Å². The summed E-state index contributed by atoms with van der Waals surface area (Å²) < 4.78 is 23.0. The van der Waals surface area contributed by atoms with Gasteiger partial charge in [0.2, 0.25) is 0 Å². The highest BCUT2D eigenvalue weighted by molar-refractivity contribution is 6.01. The summed E-state index contributed by atoms with van der Waals surface area (Å²) in [4.78, 5) is 4.25. The molecule has 2 aliphatic heterocycles. The Kier molecular flexibility index (Phi) is 4.37. The highest BCUT2D eigenvalue weighted by Crippen LogP contribution is 2.39. The summed E-state index contributed by atoms with van der Waals surface area (Å²) in [6.45, 7) is 6.06. The van der Waals surface area contributed by atoms with Crippen LogP contribution in [0.1, 0.15) is 20.3 Å². The molecular formula is C13H23NO4. The number of methoxy groups -OCH3 is 2. The van der Waals surface area contributed by atoms with Crippen LogP contribution in [0.4, 0.5) is 0 Å². The number of nitrogens with zero attached hydrogens (tertiary/aromatic N) is 1. The molecule has 0 saturated carbocycles. The Bertz CT molecular complexity index is 320. The predicted molar refractivity (Wildman–Crippen MR) is 68.3 cm³/mol. The lowest BCUT2D eigenvalue weighted by atomic mass is 9.92. The second-order valence-corrected chi connectivity index (χ2v) is 4.76. The van der Waals surface area contributed by atoms with E-state index in [1.807, 2.05) is 6.92 Å². The number of aliphatic imine (C=N–C) groups is 1. The molecule has 0 radical (unpaired) electrons.